The fraction of sp³-hybridized carbons (Fsp3) is 0.588. The number of hydrogen-bond acceptors (Lipinski definition) is 4. The van der Waals surface area contributed by atoms with Gasteiger partial charge in [0.2, 0.25) is 10.0 Å². The number of benzene rings is 1. The van der Waals surface area contributed by atoms with E-state index in [1.165, 1.54) is 19.2 Å². The molecule has 24 heavy (non-hydrogen) atoms. The molecule has 1 N–H and O–H groups in total. The zero-order valence-electron chi connectivity index (χ0n) is 15.3. The van der Waals surface area contributed by atoms with Crippen molar-refractivity contribution < 1.29 is 17.9 Å². The number of nitrogens with zero attached hydrogens (tertiary/aromatic N) is 1. The second-order valence-electron chi connectivity index (χ2n) is 6.80. The SMILES string of the molecule is CCCCN(C)C(=O)c1ccc(OC)c(S(=O)(=O)NC(C)(C)C)c1. The van der Waals surface area contributed by atoms with Crippen molar-refractivity contribution in [2.45, 2.75) is 51.0 Å². The monoisotopic (exact) mass is 356 g/mol. The van der Waals surface area contributed by atoms with Crippen molar-refractivity contribution in [3.05, 3.63) is 23.8 Å². The van der Waals surface area contributed by atoms with E-state index in [1.807, 2.05) is 0 Å². The van der Waals surface area contributed by atoms with Crippen LogP contribution in [0.4, 0.5) is 0 Å². The van der Waals surface area contributed by atoms with E-state index in [0.29, 0.717) is 12.1 Å². The van der Waals surface area contributed by atoms with Gasteiger partial charge in [0.05, 0.1) is 7.11 Å². The minimum Gasteiger partial charge on any atom is -0.495 e. The van der Waals surface area contributed by atoms with Gasteiger partial charge in [-0.3, -0.25) is 4.79 Å². The Morgan fingerprint density at radius 2 is 1.92 bits per heavy atom. The van der Waals surface area contributed by atoms with E-state index in [-0.39, 0.29) is 16.6 Å². The molecule has 0 radical (unpaired) electrons. The van der Waals surface area contributed by atoms with E-state index in [2.05, 4.69) is 11.6 Å². The van der Waals surface area contributed by atoms with Gasteiger partial charge in [0, 0.05) is 24.7 Å². The highest BCUT2D eigenvalue weighted by molar-refractivity contribution is 7.89. The summed E-state index contributed by atoms with van der Waals surface area (Å²) in [6.45, 7) is 7.94. The Labute approximate surface area is 145 Å². The van der Waals surface area contributed by atoms with E-state index < -0.39 is 15.6 Å². The van der Waals surface area contributed by atoms with Gasteiger partial charge in [-0.25, -0.2) is 13.1 Å². The van der Waals surface area contributed by atoms with Crippen molar-refractivity contribution in [3.63, 3.8) is 0 Å². The Balaban J connectivity index is 3.24. The molecule has 0 aliphatic carbocycles. The molecule has 0 saturated carbocycles. The molecule has 0 heterocycles. The van der Waals surface area contributed by atoms with E-state index in [1.54, 1.807) is 38.8 Å². The molecule has 1 rings (SSSR count). The minimum atomic E-state index is -3.81. The van der Waals surface area contributed by atoms with Crippen LogP contribution in [0.2, 0.25) is 0 Å². The van der Waals surface area contributed by atoms with Crippen molar-refractivity contribution in [1.29, 1.82) is 0 Å². The maximum absolute atomic E-state index is 12.6. The summed E-state index contributed by atoms with van der Waals surface area (Å²) in [5, 5.41) is 0. The third-order valence-electron chi connectivity index (χ3n) is 3.33. The molecule has 0 aromatic heterocycles. The van der Waals surface area contributed by atoms with Crippen molar-refractivity contribution in [2.24, 2.45) is 0 Å². The summed E-state index contributed by atoms with van der Waals surface area (Å²) in [4.78, 5) is 14.0. The molecular weight excluding hydrogens is 328 g/mol. The average Bonchev–Trinajstić information content (AvgIpc) is 2.48. The first-order valence-corrected chi connectivity index (χ1v) is 9.47. The van der Waals surface area contributed by atoms with Crippen LogP contribution in [0.5, 0.6) is 5.75 Å². The second kappa shape index (κ2) is 7.98. The Morgan fingerprint density at radius 1 is 1.29 bits per heavy atom. The molecule has 0 aliphatic heterocycles. The third kappa shape index (κ3) is 5.49. The molecule has 0 bridgehead atoms. The summed E-state index contributed by atoms with van der Waals surface area (Å²) >= 11 is 0. The zero-order valence-corrected chi connectivity index (χ0v) is 16.2. The lowest BCUT2D eigenvalue weighted by Gasteiger charge is -2.22. The predicted molar refractivity (Wildman–Crippen MR) is 94.9 cm³/mol. The lowest BCUT2D eigenvalue weighted by molar-refractivity contribution is 0.0793. The highest BCUT2D eigenvalue weighted by Gasteiger charge is 2.26. The van der Waals surface area contributed by atoms with Gasteiger partial charge in [0.15, 0.2) is 0 Å². The summed E-state index contributed by atoms with van der Waals surface area (Å²) < 4.78 is 33.0. The molecule has 0 atom stereocenters. The number of carbonyl (C=O) groups is 1. The number of amides is 1. The molecule has 0 unspecified atom stereocenters. The van der Waals surface area contributed by atoms with E-state index in [0.717, 1.165) is 12.8 Å². The van der Waals surface area contributed by atoms with E-state index in [4.69, 9.17) is 4.74 Å². The van der Waals surface area contributed by atoms with Crippen LogP contribution < -0.4 is 9.46 Å². The van der Waals surface area contributed by atoms with Crippen LogP contribution in [0.25, 0.3) is 0 Å². The number of ether oxygens (including phenoxy) is 1. The number of nitrogens with one attached hydrogen (secondary N) is 1. The van der Waals surface area contributed by atoms with Crippen molar-refractivity contribution in [2.75, 3.05) is 20.7 Å². The van der Waals surface area contributed by atoms with E-state index >= 15 is 0 Å². The normalized spacial score (nSPS) is 12.1. The van der Waals surface area contributed by atoms with Crippen LogP contribution >= 0.6 is 0 Å². The van der Waals surface area contributed by atoms with Gasteiger partial charge >= 0.3 is 0 Å². The Kier molecular flexibility index (Phi) is 6.80. The smallest absolute Gasteiger partial charge is 0.253 e. The van der Waals surface area contributed by atoms with Crippen LogP contribution in [0, 0.1) is 0 Å². The molecule has 1 amide bonds. The first-order valence-electron chi connectivity index (χ1n) is 7.99. The van der Waals surface area contributed by atoms with Crippen molar-refractivity contribution >= 4 is 15.9 Å². The molecule has 0 spiro atoms. The van der Waals surface area contributed by atoms with Gasteiger partial charge in [-0.2, -0.15) is 0 Å². The minimum absolute atomic E-state index is 0.0327. The highest BCUT2D eigenvalue weighted by atomic mass is 32.2. The molecule has 0 aliphatic rings. The first-order chi connectivity index (χ1) is 11.0. The molecule has 0 saturated heterocycles. The lowest BCUT2D eigenvalue weighted by atomic mass is 10.1. The van der Waals surface area contributed by atoms with Gasteiger partial charge < -0.3 is 9.64 Å². The van der Waals surface area contributed by atoms with E-state index in [9.17, 15) is 13.2 Å². The van der Waals surface area contributed by atoms with Crippen molar-refractivity contribution in [3.8, 4) is 5.75 Å². The lowest BCUT2D eigenvalue weighted by Crippen LogP contribution is -2.40. The van der Waals surface area contributed by atoms with Crippen molar-refractivity contribution in [1.82, 2.24) is 9.62 Å². The fourth-order valence-electron chi connectivity index (χ4n) is 2.20. The fourth-order valence-corrected chi connectivity index (χ4v) is 3.81. The average molecular weight is 356 g/mol. The first kappa shape index (κ1) is 20.4. The summed E-state index contributed by atoms with van der Waals surface area (Å²) in [6, 6.07) is 4.47. The third-order valence-corrected chi connectivity index (χ3v) is 5.11. The summed E-state index contributed by atoms with van der Waals surface area (Å²) in [6.07, 6.45) is 1.88. The van der Waals surface area contributed by atoms with Gasteiger partial charge in [0.25, 0.3) is 5.91 Å². The van der Waals surface area contributed by atoms with Crippen LogP contribution in [-0.2, 0) is 10.0 Å². The van der Waals surface area contributed by atoms with Crippen LogP contribution in [-0.4, -0.2) is 45.5 Å². The topological polar surface area (TPSA) is 75.7 Å². The van der Waals surface area contributed by atoms with Crippen LogP contribution in [0.15, 0.2) is 23.1 Å². The highest BCUT2D eigenvalue weighted by Crippen LogP contribution is 2.26. The maximum Gasteiger partial charge on any atom is 0.253 e. The molecule has 6 nitrogen and oxygen atoms in total. The number of carbonyl (C=O) groups excluding carboxylic acids is 1. The Morgan fingerprint density at radius 3 is 2.42 bits per heavy atom. The summed E-state index contributed by atoms with van der Waals surface area (Å²) in [7, 11) is -0.690. The number of rotatable bonds is 7. The quantitative estimate of drug-likeness (QED) is 0.815. The number of hydrogen-bond donors (Lipinski definition) is 1. The summed E-state index contributed by atoms with van der Waals surface area (Å²) in [5.74, 6) is -0.00202. The molecule has 1 aromatic rings. The number of sulfonamides is 1. The molecule has 1 aromatic carbocycles. The van der Waals surface area contributed by atoms with Gasteiger partial charge in [-0.1, -0.05) is 13.3 Å². The second-order valence-corrected chi connectivity index (χ2v) is 8.45. The predicted octanol–water partition coefficient (Wildman–Crippen LogP) is 2.64. The summed E-state index contributed by atoms with van der Waals surface area (Å²) in [5.41, 5.74) is -0.314. The zero-order chi connectivity index (χ0) is 18.5. The van der Waals surface area contributed by atoms with Crippen LogP contribution in [0.1, 0.15) is 50.9 Å². The Hall–Kier alpha value is -1.60. The van der Waals surface area contributed by atoms with Gasteiger partial charge in [0.1, 0.15) is 10.6 Å². The largest absolute Gasteiger partial charge is 0.495 e. The standard InChI is InChI=1S/C17H28N2O4S/c1-7-8-11-19(5)16(20)13-9-10-14(23-6)15(12-13)24(21,22)18-17(2,3)4/h9-10,12,18H,7-8,11H2,1-6H3. The van der Waals surface area contributed by atoms with Gasteiger partial charge in [-0.05, 0) is 45.4 Å². The molecule has 136 valence electrons. The van der Waals surface area contributed by atoms with Crippen LogP contribution in [0.3, 0.4) is 0 Å². The number of unbranched alkanes of at least 4 members (excludes halogenated alkanes) is 1. The van der Waals surface area contributed by atoms with Gasteiger partial charge in [-0.15, -0.1) is 0 Å². The molecular formula is C17H28N2O4S. The molecule has 7 heteroatoms. The number of methoxy groups -OCH3 is 1. The molecule has 0 fully saturated rings. The Bertz CT molecular complexity index is 678. The maximum atomic E-state index is 12.6.